The summed E-state index contributed by atoms with van der Waals surface area (Å²) < 4.78 is 16.8. The van der Waals surface area contributed by atoms with E-state index in [0.717, 1.165) is 49.4 Å². The van der Waals surface area contributed by atoms with Crippen molar-refractivity contribution in [3.63, 3.8) is 0 Å². The molecule has 1 aliphatic rings. The van der Waals surface area contributed by atoms with Crippen LogP contribution in [0.4, 0.5) is 21.8 Å². The molecule has 1 saturated heterocycles. The molecule has 1 aliphatic heterocycles. The normalized spacial score (nSPS) is 14.7. The van der Waals surface area contributed by atoms with Crippen LogP contribution >= 0.6 is 11.3 Å². The van der Waals surface area contributed by atoms with Gasteiger partial charge in [-0.25, -0.2) is 19.3 Å². The van der Waals surface area contributed by atoms with Gasteiger partial charge in [-0.15, -0.1) is 11.3 Å². The van der Waals surface area contributed by atoms with Crippen LogP contribution in [-0.2, 0) is 0 Å². The van der Waals surface area contributed by atoms with Gasteiger partial charge in [0.25, 0.3) is 5.56 Å². The number of aryl methyl sites for hydroxylation is 1. The number of likely N-dealkylation sites (N-methyl/N-ethyl adjacent to an activating group) is 1. The molecule has 9 nitrogen and oxygen atoms in total. The van der Waals surface area contributed by atoms with Gasteiger partial charge in [-0.3, -0.25) is 4.79 Å². The summed E-state index contributed by atoms with van der Waals surface area (Å²) in [5.74, 6) is 0.249. The molecule has 0 bridgehead atoms. The fourth-order valence-electron chi connectivity index (χ4n) is 4.43. The summed E-state index contributed by atoms with van der Waals surface area (Å²) in [5, 5.41) is 3.58. The molecule has 5 heterocycles. The fourth-order valence-corrected chi connectivity index (χ4v) is 5.82. The second-order valence-corrected chi connectivity index (χ2v) is 10.1. The number of hydrogen-bond acceptors (Lipinski definition) is 9. The van der Waals surface area contributed by atoms with Crippen molar-refractivity contribution in [3.05, 3.63) is 52.6 Å². The van der Waals surface area contributed by atoms with E-state index in [1.165, 1.54) is 17.7 Å². The van der Waals surface area contributed by atoms with Crippen LogP contribution in [0.3, 0.4) is 0 Å². The molecule has 0 aromatic carbocycles. The Morgan fingerprint density at radius 1 is 1.11 bits per heavy atom. The van der Waals surface area contributed by atoms with E-state index in [9.17, 15) is 9.18 Å². The van der Waals surface area contributed by atoms with Crippen LogP contribution in [-0.4, -0.2) is 62.1 Å². The van der Waals surface area contributed by atoms with E-state index in [1.54, 1.807) is 6.92 Å². The maximum atomic E-state index is 14.9. The number of anilines is 3. The van der Waals surface area contributed by atoms with Crippen LogP contribution in [0.5, 0.6) is 0 Å². The minimum absolute atomic E-state index is 0.100. The molecule has 4 aromatic rings. The topological polar surface area (TPSA) is 92.1 Å². The summed E-state index contributed by atoms with van der Waals surface area (Å²) in [7, 11) is 0. The number of hydrogen-bond donors (Lipinski definition) is 1. The molecule has 0 aliphatic carbocycles. The van der Waals surface area contributed by atoms with E-state index in [-0.39, 0.29) is 23.2 Å². The van der Waals surface area contributed by atoms with Crippen LogP contribution in [0.25, 0.3) is 20.8 Å². The van der Waals surface area contributed by atoms with E-state index in [1.807, 2.05) is 36.7 Å². The van der Waals surface area contributed by atoms with Crippen LogP contribution in [0.2, 0.25) is 0 Å². The van der Waals surface area contributed by atoms with Gasteiger partial charge in [0.05, 0.1) is 28.3 Å². The van der Waals surface area contributed by atoms with E-state index in [4.69, 9.17) is 0 Å². The molecule has 0 unspecified atom stereocenters. The highest BCUT2D eigenvalue weighted by molar-refractivity contribution is 7.22. The predicted octanol–water partition coefficient (Wildman–Crippen LogP) is 4.22. The van der Waals surface area contributed by atoms with Crippen LogP contribution in [0.15, 0.2) is 35.6 Å². The SMILES string of the molecule is CCN1CCN(c2ccc(Nc3ncc(F)c(-c4sc5c(c4C)c(=O)ncn5C(C)C)n3)nc2)CC1. The van der Waals surface area contributed by atoms with Gasteiger partial charge in [0.15, 0.2) is 5.82 Å². The van der Waals surface area contributed by atoms with Crippen LogP contribution in [0.1, 0.15) is 32.4 Å². The molecule has 36 heavy (non-hydrogen) atoms. The Kier molecular flexibility index (Phi) is 6.67. The first-order valence-corrected chi connectivity index (χ1v) is 12.9. The molecule has 1 fully saturated rings. The zero-order valence-electron chi connectivity index (χ0n) is 20.8. The zero-order valence-corrected chi connectivity index (χ0v) is 21.6. The van der Waals surface area contributed by atoms with Gasteiger partial charge in [0.2, 0.25) is 5.95 Å². The lowest BCUT2D eigenvalue weighted by Crippen LogP contribution is -2.46. The first-order chi connectivity index (χ1) is 17.4. The van der Waals surface area contributed by atoms with Gasteiger partial charge in [-0.1, -0.05) is 6.92 Å². The van der Waals surface area contributed by atoms with Gasteiger partial charge in [0.1, 0.15) is 22.7 Å². The Hall–Kier alpha value is -3.44. The Morgan fingerprint density at radius 3 is 2.56 bits per heavy atom. The van der Waals surface area contributed by atoms with Gasteiger partial charge in [0, 0.05) is 32.2 Å². The molecule has 0 atom stereocenters. The molecular formula is C25H29FN8OS. The fraction of sp³-hybridized carbons (Fsp3) is 0.400. The lowest BCUT2D eigenvalue weighted by molar-refractivity contribution is 0.271. The smallest absolute Gasteiger partial charge is 0.281 e. The average molecular weight is 509 g/mol. The number of halogens is 1. The van der Waals surface area contributed by atoms with Gasteiger partial charge >= 0.3 is 0 Å². The van der Waals surface area contributed by atoms with Crippen molar-refractivity contribution in [1.29, 1.82) is 0 Å². The number of piperazine rings is 1. The summed E-state index contributed by atoms with van der Waals surface area (Å²) in [5.41, 5.74) is 1.55. The molecule has 188 valence electrons. The van der Waals surface area contributed by atoms with E-state index < -0.39 is 5.82 Å². The summed E-state index contributed by atoms with van der Waals surface area (Å²) in [6, 6.07) is 3.99. The molecular weight excluding hydrogens is 479 g/mol. The lowest BCUT2D eigenvalue weighted by Gasteiger charge is -2.35. The standard InChI is InChI=1S/C25H29FN8OS/c1-5-32-8-10-33(11-9-32)17-6-7-19(27-12-17)30-25-28-13-18(26)21(31-25)22-16(4)20-23(35)29-14-34(15(2)3)24(20)36-22/h6-7,12-15H,5,8-11H2,1-4H3,(H,27,28,30,31). The largest absolute Gasteiger partial charge is 0.368 e. The zero-order chi connectivity index (χ0) is 25.4. The van der Waals surface area contributed by atoms with Crippen molar-refractivity contribution in [2.75, 3.05) is 42.9 Å². The van der Waals surface area contributed by atoms with Gasteiger partial charge < -0.3 is 19.7 Å². The average Bonchev–Trinajstić information content (AvgIpc) is 3.23. The van der Waals surface area contributed by atoms with Gasteiger partial charge in [-0.2, -0.15) is 4.98 Å². The molecule has 0 radical (unpaired) electrons. The molecule has 5 rings (SSSR count). The Balaban J connectivity index is 1.42. The molecule has 1 N–H and O–H groups in total. The summed E-state index contributed by atoms with van der Waals surface area (Å²) in [4.78, 5) is 35.7. The first-order valence-electron chi connectivity index (χ1n) is 12.1. The number of thiophene rings is 1. The lowest BCUT2D eigenvalue weighted by atomic mass is 10.1. The molecule has 4 aromatic heterocycles. The van der Waals surface area contributed by atoms with Gasteiger partial charge in [-0.05, 0) is 45.0 Å². The van der Waals surface area contributed by atoms with Crippen molar-refractivity contribution in [2.24, 2.45) is 0 Å². The number of fused-ring (bicyclic) bond motifs is 1. The third-order valence-corrected chi connectivity index (χ3v) is 7.88. The highest BCUT2D eigenvalue weighted by Crippen LogP contribution is 2.37. The van der Waals surface area contributed by atoms with Crippen LogP contribution in [0, 0.1) is 12.7 Å². The van der Waals surface area contributed by atoms with Crippen molar-refractivity contribution >= 4 is 39.0 Å². The summed E-state index contributed by atoms with van der Waals surface area (Å²) in [6.07, 6.45) is 4.51. The van der Waals surface area contributed by atoms with E-state index >= 15 is 0 Å². The third kappa shape index (κ3) is 4.56. The second-order valence-electron chi connectivity index (χ2n) is 9.13. The molecule has 0 saturated carbocycles. The maximum Gasteiger partial charge on any atom is 0.281 e. The Bertz CT molecular complexity index is 1440. The minimum Gasteiger partial charge on any atom is -0.368 e. The van der Waals surface area contributed by atoms with Crippen molar-refractivity contribution in [3.8, 4) is 10.6 Å². The predicted molar refractivity (Wildman–Crippen MR) is 142 cm³/mol. The third-order valence-electron chi connectivity index (χ3n) is 6.56. The van der Waals surface area contributed by atoms with E-state index in [2.05, 4.69) is 42.0 Å². The van der Waals surface area contributed by atoms with Crippen molar-refractivity contribution in [2.45, 2.75) is 33.7 Å². The van der Waals surface area contributed by atoms with E-state index in [0.29, 0.717) is 21.6 Å². The highest BCUT2D eigenvalue weighted by Gasteiger charge is 2.21. The van der Waals surface area contributed by atoms with Crippen LogP contribution < -0.4 is 15.8 Å². The minimum atomic E-state index is -0.554. The molecule has 11 heteroatoms. The summed E-state index contributed by atoms with van der Waals surface area (Å²) >= 11 is 1.34. The number of nitrogens with zero attached hydrogens (tertiary/aromatic N) is 7. The summed E-state index contributed by atoms with van der Waals surface area (Å²) in [6.45, 7) is 13.1. The second kappa shape index (κ2) is 9.90. The monoisotopic (exact) mass is 508 g/mol. The quantitative estimate of drug-likeness (QED) is 0.414. The number of pyridine rings is 1. The van der Waals surface area contributed by atoms with Crippen molar-refractivity contribution < 1.29 is 4.39 Å². The number of nitrogens with one attached hydrogen (secondary N) is 1. The van der Waals surface area contributed by atoms with Crippen molar-refractivity contribution in [1.82, 2.24) is 29.4 Å². The Morgan fingerprint density at radius 2 is 1.89 bits per heavy atom. The number of rotatable bonds is 6. The molecule has 0 amide bonds. The number of aromatic nitrogens is 5. The molecule has 0 spiro atoms. The Labute approximate surface area is 212 Å². The highest BCUT2D eigenvalue weighted by atomic mass is 32.1. The first kappa shape index (κ1) is 24.3. The maximum absolute atomic E-state index is 14.9.